The normalized spacial score (nSPS) is 12.6. The molecule has 184 valence electrons. The molecule has 0 spiro atoms. The zero-order chi connectivity index (χ0) is 25.7. The third kappa shape index (κ3) is 5.53. The van der Waals surface area contributed by atoms with Gasteiger partial charge in [-0.05, 0) is 54.7 Å². The molecule has 2 heterocycles. The average molecular weight is 531 g/mol. The van der Waals surface area contributed by atoms with Crippen LogP contribution in [0.25, 0.3) is 20.4 Å². The quantitative estimate of drug-likeness (QED) is 0.269. The second-order valence-corrected chi connectivity index (χ2v) is 10.3. The van der Waals surface area contributed by atoms with E-state index >= 15 is 0 Å². The first-order chi connectivity index (χ1) is 16.2. The number of carbonyl (C=O) groups excluding carboxylic acids is 2. The van der Waals surface area contributed by atoms with Gasteiger partial charge in [0.25, 0.3) is 0 Å². The van der Waals surface area contributed by atoms with Crippen molar-refractivity contribution in [3.05, 3.63) is 56.5 Å². The number of nitrogens with zero attached hydrogens (tertiary/aromatic N) is 2. The monoisotopic (exact) mass is 530 g/mol. The van der Waals surface area contributed by atoms with Crippen molar-refractivity contribution in [2.24, 2.45) is 0 Å². The molecule has 2 aromatic heterocycles. The van der Waals surface area contributed by atoms with Crippen LogP contribution in [-0.2, 0) is 28.9 Å². The SMILES string of the molecule is Cc1cc(Cc2cc(C)c3nc(CC(=O)C(F)(F)F)sc3c2)cc2sc(CC(=O)C(F)(F)F)nc12. The van der Waals surface area contributed by atoms with Gasteiger partial charge in [0, 0.05) is 0 Å². The topological polar surface area (TPSA) is 59.9 Å². The van der Waals surface area contributed by atoms with Crippen LogP contribution in [0.1, 0.15) is 32.3 Å². The van der Waals surface area contributed by atoms with Crippen molar-refractivity contribution in [3.8, 4) is 0 Å². The molecule has 0 unspecified atom stereocenters. The van der Waals surface area contributed by atoms with Crippen molar-refractivity contribution >= 4 is 54.7 Å². The van der Waals surface area contributed by atoms with E-state index in [0.29, 0.717) is 26.9 Å². The maximum absolute atomic E-state index is 12.6. The van der Waals surface area contributed by atoms with Gasteiger partial charge in [0.05, 0.1) is 33.3 Å². The minimum Gasteiger partial charge on any atom is -0.289 e. The Balaban J connectivity index is 1.60. The summed E-state index contributed by atoms with van der Waals surface area (Å²) in [6.45, 7) is 3.56. The molecule has 4 rings (SSSR count). The van der Waals surface area contributed by atoms with Crippen molar-refractivity contribution < 1.29 is 35.9 Å². The number of hydrogen-bond acceptors (Lipinski definition) is 6. The minimum atomic E-state index is -4.91. The van der Waals surface area contributed by atoms with Crippen LogP contribution in [0.3, 0.4) is 0 Å². The number of aryl methyl sites for hydroxylation is 2. The summed E-state index contributed by atoms with van der Waals surface area (Å²) in [6.07, 6.45) is -11.0. The summed E-state index contributed by atoms with van der Waals surface area (Å²) in [5.74, 6) is -3.70. The van der Waals surface area contributed by atoms with Crippen molar-refractivity contribution in [2.75, 3.05) is 0 Å². The Morgan fingerprint density at radius 2 is 1.09 bits per heavy atom. The first-order valence-corrected chi connectivity index (χ1v) is 11.8. The van der Waals surface area contributed by atoms with E-state index < -0.39 is 36.8 Å². The van der Waals surface area contributed by atoms with Crippen LogP contribution in [0, 0.1) is 13.8 Å². The average Bonchev–Trinajstić information content (AvgIpc) is 3.30. The van der Waals surface area contributed by atoms with Crippen molar-refractivity contribution in [1.29, 1.82) is 0 Å². The number of fused-ring (bicyclic) bond motifs is 2. The number of aromatic nitrogens is 2. The third-order valence-electron chi connectivity index (χ3n) is 5.24. The highest BCUT2D eigenvalue weighted by molar-refractivity contribution is 7.19. The van der Waals surface area contributed by atoms with E-state index in [2.05, 4.69) is 9.97 Å². The Hall–Kier alpha value is -2.86. The zero-order valence-corrected chi connectivity index (χ0v) is 19.9. The molecule has 0 saturated carbocycles. The van der Waals surface area contributed by atoms with Gasteiger partial charge in [-0.15, -0.1) is 22.7 Å². The number of hydrogen-bond donors (Lipinski definition) is 0. The number of ketones is 2. The smallest absolute Gasteiger partial charge is 0.289 e. The predicted molar refractivity (Wildman–Crippen MR) is 121 cm³/mol. The van der Waals surface area contributed by atoms with Crippen LogP contribution in [0.5, 0.6) is 0 Å². The Labute approximate surface area is 202 Å². The number of rotatable bonds is 6. The number of halogens is 6. The molecular formula is C23H16F6N2O2S2. The zero-order valence-electron chi connectivity index (χ0n) is 18.2. The van der Waals surface area contributed by atoms with E-state index in [9.17, 15) is 35.9 Å². The lowest BCUT2D eigenvalue weighted by molar-refractivity contribution is -0.170. The molecule has 0 bridgehead atoms. The van der Waals surface area contributed by atoms with Crippen LogP contribution in [0.4, 0.5) is 26.3 Å². The third-order valence-corrected chi connectivity index (χ3v) is 7.25. The van der Waals surface area contributed by atoms with Gasteiger partial charge < -0.3 is 0 Å². The van der Waals surface area contributed by atoms with Gasteiger partial charge in [-0.1, -0.05) is 12.1 Å². The molecule has 0 aliphatic rings. The molecule has 4 nitrogen and oxygen atoms in total. The molecule has 0 N–H and O–H groups in total. The van der Waals surface area contributed by atoms with E-state index in [1.165, 1.54) is 0 Å². The van der Waals surface area contributed by atoms with Crippen LogP contribution in [-0.4, -0.2) is 33.9 Å². The van der Waals surface area contributed by atoms with Crippen molar-refractivity contribution in [2.45, 2.75) is 45.5 Å². The highest BCUT2D eigenvalue weighted by atomic mass is 32.1. The fraction of sp³-hybridized carbons (Fsp3) is 0.304. The maximum Gasteiger partial charge on any atom is 0.450 e. The standard InChI is InChI=1S/C23H16F6N2O2S2/c1-10-3-12(6-14-20(10)30-18(34-14)8-16(32)22(24,25)26)5-13-4-11(2)21-15(7-13)35-19(31-21)9-17(33)23(27,28)29/h3-4,6-7H,5,8-9H2,1-2H3. The second kappa shape index (κ2) is 8.98. The van der Waals surface area contributed by atoms with Gasteiger partial charge in [0.1, 0.15) is 10.0 Å². The van der Waals surface area contributed by atoms with Gasteiger partial charge in [-0.3, -0.25) is 9.59 Å². The Morgan fingerprint density at radius 1 is 0.714 bits per heavy atom. The Kier molecular flexibility index (Phi) is 6.47. The first kappa shape index (κ1) is 25.2. The summed E-state index contributed by atoms with van der Waals surface area (Å²) in [5, 5.41) is 0.177. The minimum absolute atomic E-state index is 0.0884. The van der Waals surface area contributed by atoms with E-state index in [0.717, 1.165) is 44.9 Å². The van der Waals surface area contributed by atoms with E-state index in [1.807, 2.05) is 12.1 Å². The largest absolute Gasteiger partial charge is 0.450 e. The number of benzene rings is 2. The lowest BCUT2D eigenvalue weighted by atomic mass is 10.0. The first-order valence-electron chi connectivity index (χ1n) is 10.2. The molecule has 12 heteroatoms. The van der Waals surface area contributed by atoms with E-state index in [1.54, 1.807) is 26.0 Å². The van der Waals surface area contributed by atoms with Gasteiger partial charge in [-0.2, -0.15) is 26.3 Å². The highest BCUT2D eigenvalue weighted by Gasteiger charge is 2.39. The summed E-state index contributed by atoms with van der Waals surface area (Å²) in [5.41, 5.74) is 4.31. The van der Waals surface area contributed by atoms with Crippen LogP contribution < -0.4 is 0 Å². The molecule has 0 aliphatic carbocycles. The van der Waals surface area contributed by atoms with Gasteiger partial charge in [0.15, 0.2) is 0 Å². The molecule has 4 aromatic rings. The number of carbonyl (C=O) groups is 2. The van der Waals surface area contributed by atoms with Crippen molar-refractivity contribution in [1.82, 2.24) is 9.97 Å². The van der Waals surface area contributed by atoms with E-state index in [4.69, 9.17) is 0 Å². The molecule has 0 fully saturated rings. The number of alkyl halides is 6. The molecule has 0 atom stereocenters. The van der Waals surface area contributed by atoms with Crippen LogP contribution >= 0.6 is 22.7 Å². The molecule has 0 radical (unpaired) electrons. The van der Waals surface area contributed by atoms with Gasteiger partial charge >= 0.3 is 12.4 Å². The summed E-state index contributed by atoms with van der Waals surface area (Å²) < 4.78 is 76.9. The molecule has 35 heavy (non-hydrogen) atoms. The number of thiazole rings is 2. The van der Waals surface area contributed by atoms with Gasteiger partial charge in [0.2, 0.25) is 11.6 Å². The summed E-state index contributed by atoms with van der Waals surface area (Å²) >= 11 is 2.07. The molecule has 2 aromatic carbocycles. The summed E-state index contributed by atoms with van der Waals surface area (Å²) in [7, 11) is 0. The molecule has 0 aliphatic heterocycles. The fourth-order valence-corrected chi connectivity index (χ4v) is 5.91. The van der Waals surface area contributed by atoms with Crippen LogP contribution in [0.15, 0.2) is 24.3 Å². The fourth-order valence-electron chi connectivity index (χ4n) is 3.70. The second-order valence-electron chi connectivity index (χ2n) is 8.11. The predicted octanol–water partition coefficient (Wildman–Crippen LogP) is 6.46. The lowest BCUT2D eigenvalue weighted by Gasteiger charge is -2.06. The molecule has 0 amide bonds. The summed E-state index contributed by atoms with van der Waals surface area (Å²) in [4.78, 5) is 31.0. The summed E-state index contributed by atoms with van der Waals surface area (Å²) in [6, 6.07) is 7.33. The van der Waals surface area contributed by atoms with Gasteiger partial charge in [-0.25, -0.2) is 9.97 Å². The molecule has 0 saturated heterocycles. The molecular weight excluding hydrogens is 514 g/mol. The van der Waals surface area contributed by atoms with E-state index in [-0.39, 0.29) is 10.0 Å². The lowest BCUT2D eigenvalue weighted by Crippen LogP contribution is -2.24. The van der Waals surface area contributed by atoms with Crippen molar-refractivity contribution in [3.63, 3.8) is 0 Å². The highest BCUT2D eigenvalue weighted by Crippen LogP contribution is 2.32. The Bertz CT molecular complexity index is 1360. The Morgan fingerprint density at radius 3 is 1.43 bits per heavy atom. The maximum atomic E-state index is 12.6. The number of Topliss-reactive ketones (excluding diaryl/α,β-unsaturated/α-hetero) is 2. The van der Waals surface area contributed by atoms with Crippen LogP contribution in [0.2, 0.25) is 0 Å².